The quantitative estimate of drug-likeness (QED) is 0.434. The summed E-state index contributed by atoms with van der Waals surface area (Å²) < 4.78 is 6.25. The summed E-state index contributed by atoms with van der Waals surface area (Å²) in [4.78, 5) is 10.6. The van der Waals surface area contributed by atoms with Gasteiger partial charge in [0.25, 0.3) is 1.43 Å². The van der Waals surface area contributed by atoms with E-state index in [1.165, 1.54) is 0 Å². The van der Waals surface area contributed by atoms with Crippen molar-refractivity contribution < 1.29 is 15.0 Å². The molecule has 0 bridgehead atoms. The maximum Gasteiger partial charge on any atom is 0.351 e. The zero-order valence-electron chi connectivity index (χ0n) is 5.89. The van der Waals surface area contributed by atoms with Gasteiger partial charge in [-0.1, -0.05) is 0 Å². The zero-order valence-corrected chi connectivity index (χ0v) is 4.89. The molecule has 9 heavy (non-hydrogen) atoms. The van der Waals surface area contributed by atoms with Crippen LogP contribution in [0.15, 0.2) is 0 Å². The standard InChI is InChI=1S/C5H9NO3/c7-4(8)5(9)2-1-3-6-5/h6,9H,1-3H2,(H,7,8)/t5-/m1/s1/i/hD. The summed E-state index contributed by atoms with van der Waals surface area (Å²) in [5, 5.41) is 15.4. The zero-order chi connectivity index (χ0) is 7.61. The minimum Gasteiger partial charge on any atom is -0.478 e. The molecule has 1 saturated heterocycles. The number of rotatable bonds is 1. The molecule has 1 aliphatic rings. The van der Waals surface area contributed by atoms with Crippen LogP contribution in [0.1, 0.15) is 12.8 Å². The molecule has 0 radical (unpaired) electrons. The fourth-order valence-corrected chi connectivity index (χ4v) is 0.902. The normalized spacial score (nSPS) is 35.9. The monoisotopic (exact) mass is 132 g/mol. The first-order valence-corrected chi connectivity index (χ1v) is 2.84. The molecular weight excluding hydrogens is 122 g/mol. The van der Waals surface area contributed by atoms with E-state index in [9.17, 15) is 9.90 Å². The second kappa shape index (κ2) is 1.97. The van der Waals surface area contributed by atoms with Crippen LogP contribution < -0.4 is 5.32 Å². The smallest absolute Gasteiger partial charge is 0.351 e. The molecule has 0 aromatic heterocycles. The van der Waals surface area contributed by atoms with E-state index in [0.717, 1.165) is 6.42 Å². The Bertz CT molecular complexity index is 144. The summed E-state index contributed by atoms with van der Waals surface area (Å²) in [5.74, 6) is -0.926. The minimum absolute atomic E-state index is 0.324. The second-order valence-electron chi connectivity index (χ2n) is 2.18. The fourth-order valence-electron chi connectivity index (χ4n) is 0.902. The van der Waals surface area contributed by atoms with Gasteiger partial charge in [0, 0.05) is 6.42 Å². The van der Waals surface area contributed by atoms with Crippen LogP contribution in [0.2, 0.25) is 0 Å². The molecule has 1 atom stereocenters. The Morgan fingerprint density at radius 2 is 2.67 bits per heavy atom. The molecule has 1 heterocycles. The lowest BCUT2D eigenvalue weighted by Gasteiger charge is -2.15. The molecule has 0 spiro atoms. The van der Waals surface area contributed by atoms with Crippen molar-refractivity contribution in [2.45, 2.75) is 18.6 Å². The maximum atomic E-state index is 10.6. The summed E-state index contributed by atoms with van der Waals surface area (Å²) in [6, 6.07) is 0. The number of nitrogens with one attached hydrogen (secondary N) is 1. The van der Waals surface area contributed by atoms with Crippen molar-refractivity contribution in [2.75, 3.05) is 6.54 Å². The van der Waals surface area contributed by atoms with Crippen LogP contribution in [-0.4, -0.2) is 28.5 Å². The highest BCUT2D eigenvalue weighted by atomic mass is 16.4. The maximum absolute atomic E-state index is 10.6. The first kappa shape index (κ1) is 5.20. The van der Waals surface area contributed by atoms with E-state index in [2.05, 4.69) is 10.4 Å². The fraction of sp³-hybridized carbons (Fsp3) is 0.800. The third kappa shape index (κ3) is 1.04. The van der Waals surface area contributed by atoms with Gasteiger partial charge in [0.2, 0.25) is 5.72 Å². The third-order valence-corrected chi connectivity index (χ3v) is 1.47. The lowest BCUT2D eigenvalue weighted by molar-refractivity contribution is -0.160. The first-order valence-electron chi connectivity index (χ1n) is 3.25. The van der Waals surface area contributed by atoms with E-state index in [-0.39, 0.29) is 0 Å². The van der Waals surface area contributed by atoms with Crippen molar-refractivity contribution in [1.82, 2.24) is 5.32 Å². The van der Waals surface area contributed by atoms with Crippen LogP contribution in [0.5, 0.6) is 0 Å². The molecule has 0 aromatic rings. The number of hydrogen-bond acceptors (Lipinski definition) is 4. The van der Waals surface area contributed by atoms with Crippen LogP contribution in [0, 0.1) is 0 Å². The van der Waals surface area contributed by atoms with Gasteiger partial charge < -0.3 is 10.2 Å². The Hall–Kier alpha value is -0.610. The minimum atomic E-state index is -1.60. The molecule has 0 amide bonds. The summed E-state index contributed by atoms with van der Waals surface area (Å²) in [6.07, 6.45) is 1.05. The van der Waals surface area contributed by atoms with Crippen LogP contribution in [0.25, 0.3) is 1.43 Å². The lowest BCUT2D eigenvalue weighted by Crippen LogP contribution is -2.47. The molecule has 1 aliphatic heterocycles. The van der Waals surface area contributed by atoms with Crippen LogP contribution in [0.3, 0.4) is 0 Å². The second-order valence-corrected chi connectivity index (χ2v) is 2.18. The Labute approximate surface area is 54.0 Å². The molecule has 1 fully saturated rings. The van der Waals surface area contributed by atoms with Crippen molar-refractivity contribution in [2.24, 2.45) is 0 Å². The van der Waals surface area contributed by atoms with E-state index < -0.39 is 11.7 Å². The number of carboxylic acids is 1. The van der Waals surface area contributed by atoms with Crippen molar-refractivity contribution in [3.63, 3.8) is 0 Å². The molecular formula is C5H9NO3. The Morgan fingerprint density at radius 3 is 3.11 bits per heavy atom. The molecule has 3 N–H and O–H groups in total. The molecule has 0 aromatic carbocycles. The van der Waals surface area contributed by atoms with Gasteiger partial charge in [-0.05, 0) is 13.0 Å². The average molecular weight is 132 g/mol. The Kier molecular flexibility index (Phi) is 1.13. The molecule has 0 aliphatic carbocycles. The highest BCUT2D eigenvalue weighted by Crippen LogP contribution is 2.14. The van der Waals surface area contributed by atoms with Gasteiger partial charge in [-0.25, -0.2) is 4.79 Å². The molecule has 4 nitrogen and oxygen atoms in total. The predicted molar refractivity (Wildman–Crippen MR) is 29.8 cm³/mol. The van der Waals surface area contributed by atoms with Crippen LogP contribution in [0.4, 0.5) is 0 Å². The van der Waals surface area contributed by atoms with E-state index in [1.807, 2.05) is 0 Å². The molecule has 4 heteroatoms. The van der Waals surface area contributed by atoms with Crippen molar-refractivity contribution >= 4 is 5.97 Å². The predicted octanol–water partition coefficient (Wildman–Crippen LogP) is -0.857. The van der Waals surface area contributed by atoms with E-state index in [1.54, 1.807) is 0 Å². The number of aliphatic carboxylic acids is 1. The van der Waals surface area contributed by atoms with Crippen LogP contribution >= 0.6 is 0 Å². The van der Waals surface area contributed by atoms with E-state index in [0.29, 0.717) is 13.0 Å². The summed E-state index contributed by atoms with van der Waals surface area (Å²) >= 11 is 0. The number of aliphatic hydroxyl groups is 1. The largest absolute Gasteiger partial charge is 0.478 e. The van der Waals surface area contributed by atoms with Crippen molar-refractivity contribution in [3.05, 3.63) is 0 Å². The average Bonchev–Trinajstić information content (AvgIpc) is 2.36. The highest BCUT2D eigenvalue weighted by Gasteiger charge is 2.38. The summed E-state index contributed by atoms with van der Waals surface area (Å²) in [6.45, 7) is 0.589. The van der Waals surface area contributed by atoms with Gasteiger partial charge in [-0.15, -0.1) is 0 Å². The molecule has 52 valence electrons. The van der Waals surface area contributed by atoms with Crippen LogP contribution in [-0.2, 0) is 4.79 Å². The van der Waals surface area contributed by atoms with E-state index >= 15 is 0 Å². The van der Waals surface area contributed by atoms with Crippen molar-refractivity contribution in [1.29, 1.82) is 1.43 Å². The topological polar surface area (TPSA) is 69.6 Å². The Balaban J connectivity index is 2.58. The molecule has 0 saturated carbocycles. The van der Waals surface area contributed by atoms with Gasteiger partial charge in [-0.3, -0.25) is 5.32 Å². The molecule has 1 rings (SSSR count). The van der Waals surface area contributed by atoms with Gasteiger partial charge >= 0.3 is 5.97 Å². The van der Waals surface area contributed by atoms with E-state index in [4.69, 9.17) is 1.43 Å². The van der Waals surface area contributed by atoms with Gasteiger partial charge in [0.05, 0.1) is 0 Å². The Morgan fingerprint density at radius 1 is 1.89 bits per heavy atom. The number of carboxylic acid groups (broad SMARTS) is 1. The number of carbonyl (C=O) groups is 1. The first-order chi connectivity index (χ1) is 4.69. The van der Waals surface area contributed by atoms with Gasteiger partial charge in [0.1, 0.15) is 0 Å². The van der Waals surface area contributed by atoms with Gasteiger partial charge in [-0.2, -0.15) is 0 Å². The number of hydrogen-bond donors (Lipinski definition) is 3. The highest BCUT2D eigenvalue weighted by molar-refractivity contribution is 5.76. The summed E-state index contributed by atoms with van der Waals surface area (Å²) in [5.41, 5.74) is -1.60. The lowest BCUT2D eigenvalue weighted by atomic mass is 10.2. The summed E-state index contributed by atoms with van der Waals surface area (Å²) in [7, 11) is 0. The van der Waals surface area contributed by atoms with Crippen molar-refractivity contribution in [3.8, 4) is 0 Å². The third-order valence-electron chi connectivity index (χ3n) is 1.47. The molecule has 0 unspecified atom stereocenters. The van der Waals surface area contributed by atoms with Gasteiger partial charge in [0.15, 0.2) is 0 Å². The SMILES string of the molecule is [2H]OC(=O)[C@]1(O)CCCN1.